The van der Waals surface area contributed by atoms with Crippen molar-refractivity contribution >= 4 is 5.69 Å². The van der Waals surface area contributed by atoms with Gasteiger partial charge in [-0.3, -0.25) is 0 Å². The Balaban J connectivity index is 1.61. The van der Waals surface area contributed by atoms with Crippen molar-refractivity contribution in [3.8, 4) is 0 Å². The van der Waals surface area contributed by atoms with Gasteiger partial charge in [-0.2, -0.15) is 0 Å². The number of hydrogen-bond acceptors (Lipinski definition) is 2. The smallest absolute Gasteiger partial charge is 0.0340 e. The van der Waals surface area contributed by atoms with E-state index in [0.29, 0.717) is 0 Å². The number of para-hydroxylation sites is 1. The number of anilines is 1. The van der Waals surface area contributed by atoms with E-state index in [1.54, 1.807) is 0 Å². The van der Waals surface area contributed by atoms with Gasteiger partial charge in [-0.25, -0.2) is 0 Å². The van der Waals surface area contributed by atoms with Crippen molar-refractivity contribution in [3.63, 3.8) is 0 Å². The van der Waals surface area contributed by atoms with Crippen LogP contribution in [0.1, 0.15) is 26.2 Å². The molecule has 16 heavy (non-hydrogen) atoms. The van der Waals surface area contributed by atoms with Gasteiger partial charge >= 0.3 is 0 Å². The summed E-state index contributed by atoms with van der Waals surface area (Å²) in [5.41, 5.74) is 1.23. The van der Waals surface area contributed by atoms with E-state index in [1.165, 1.54) is 38.0 Å². The van der Waals surface area contributed by atoms with Gasteiger partial charge in [0.15, 0.2) is 0 Å². The van der Waals surface area contributed by atoms with Gasteiger partial charge in [0.25, 0.3) is 0 Å². The van der Waals surface area contributed by atoms with Crippen molar-refractivity contribution in [2.24, 2.45) is 0 Å². The minimum Gasteiger partial charge on any atom is -0.385 e. The Morgan fingerprint density at radius 1 is 1.25 bits per heavy atom. The standard InChI is InChI=1S/C14H22N2/c1-2-16(14-9-10-14)12-6-11-15-13-7-4-3-5-8-13/h3-5,7-8,14-15H,2,6,9-12H2,1H3. The number of nitrogens with zero attached hydrogens (tertiary/aromatic N) is 1. The second-order valence-corrected chi connectivity index (χ2v) is 4.51. The Hall–Kier alpha value is -1.02. The van der Waals surface area contributed by atoms with Gasteiger partial charge in [-0.05, 0) is 37.9 Å². The van der Waals surface area contributed by atoms with Gasteiger partial charge < -0.3 is 10.2 Å². The van der Waals surface area contributed by atoms with Crippen molar-refractivity contribution in [1.29, 1.82) is 0 Å². The zero-order chi connectivity index (χ0) is 11.2. The monoisotopic (exact) mass is 218 g/mol. The molecule has 0 bridgehead atoms. The maximum absolute atomic E-state index is 3.46. The van der Waals surface area contributed by atoms with Crippen molar-refractivity contribution in [2.75, 3.05) is 25.0 Å². The molecule has 88 valence electrons. The molecule has 2 heteroatoms. The molecule has 2 nitrogen and oxygen atoms in total. The topological polar surface area (TPSA) is 15.3 Å². The van der Waals surface area contributed by atoms with E-state index in [1.807, 2.05) is 0 Å². The molecule has 1 fully saturated rings. The normalized spacial score (nSPS) is 15.4. The Morgan fingerprint density at radius 2 is 2.00 bits per heavy atom. The second kappa shape index (κ2) is 5.90. The highest BCUT2D eigenvalue weighted by Gasteiger charge is 2.26. The predicted octanol–water partition coefficient (Wildman–Crippen LogP) is 2.97. The zero-order valence-electron chi connectivity index (χ0n) is 10.2. The highest BCUT2D eigenvalue weighted by Crippen LogP contribution is 2.26. The molecule has 0 aliphatic heterocycles. The quantitative estimate of drug-likeness (QED) is 0.708. The zero-order valence-corrected chi connectivity index (χ0v) is 10.2. The minimum atomic E-state index is 0.904. The van der Waals surface area contributed by atoms with Crippen LogP contribution in [-0.4, -0.2) is 30.6 Å². The lowest BCUT2D eigenvalue weighted by atomic mass is 10.3. The van der Waals surface area contributed by atoms with Crippen LogP contribution in [0.5, 0.6) is 0 Å². The van der Waals surface area contributed by atoms with Gasteiger partial charge in [0.1, 0.15) is 0 Å². The maximum atomic E-state index is 3.46. The lowest BCUT2D eigenvalue weighted by Gasteiger charge is -2.19. The van der Waals surface area contributed by atoms with E-state index >= 15 is 0 Å². The van der Waals surface area contributed by atoms with Gasteiger partial charge in [-0.1, -0.05) is 25.1 Å². The van der Waals surface area contributed by atoms with Gasteiger partial charge in [0.2, 0.25) is 0 Å². The largest absolute Gasteiger partial charge is 0.385 e. The van der Waals surface area contributed by atoms with Crippen LogP contribution in [0.2, 0.25) is 0 Å². The maximum Gasteiger partial charge on any atom is 0.0340 e. The molecule has 1 saturated carbocycles. The summed E-state index contributed by atoms with van der Waals surface area (Å²) in [6, 6.07) is 11.4. The Bertz CT molecular complexity index is 293. The number of benzene rings is 1. The number of hydrogen-bond donors (Lipinski definition) is 1. The molecule has 0 heterocycles. The average Bonchev–Trinajstić information content (AvgIpc) is 3.15. The molecule has 0 spiro atoms. The molecule has 0 aromatic heterocycles. The summed E-state index contributed by atoms with van der Waals surface area (Å²) in [6.45, 7) is 5.78. The van der Waals surface area contributed by atoms with Crippen LogP contribution in [0.25, 0.3) is 0 Å². The Kier molecular flexibility index (Phi) is 4.23. The fourth-order valence-electron chi connectivity index (χ4n) is 2.11. The highest BCUT2D eigenvalue weighted by atomic mass is 15.2. The molecule has 2 rings (SSSR count). The predicted molar refractivity (Wildman–Crippen MR) is 69.8 cm³/mol. The molecule has 1 N–H and O–H groups in total. The Morgan fingerprint density at radius 3 is 2.62 bits per heavy atom. The lowest BCUT2D eigenvalue weighted by molar-refractivity contribution is 0.277. The summed E-state index contributed by atoms with van der Waals surface area (Å²) in [5, 5.41) is 3.46. The second-order valence-electron chi connectivity index (χ2n) is 4.51. The third-order valence-electron chi connectivity index (χ3n) is 3.19. The molecule has 0 unspecified atom stereocenters. The summed E-state index contributed by atoms with van der Waals surface area (Å²) in [4.78, 5) is 2.60. The van der Waals surface area contributed by atoms with Gasteiger partial charge in [0, 0.05) is 24.8 Å². The van der Waals surface area contributed by atoms with E-state index in [2.05, 4.69) is 47.5 Å². The van der Waals surface area contributed by atoms with Gasteiger partial charge in [-0.15, -0.1) is 0 Å². The van der Waals surface area contributed by atoms with Crippen LogP contribution in [0.3, 0.4) is 0 Å². The molecule has 0 atom stereocenters. The fraction of sp³-hybridized carbons (Fsp3) is 0.571. The van der Waals surface area contributed by atoms with Crippen LogP contribution in [0, 0.1) is 0 Å². The first kappa shape index (κ1) is 11.5. The highest BCUT2D eigenvalue weighted by molar-refractivity contribution is 5.42. The molecule has 1 aromatic rings. The molecule has 0 saturated heterocycles. The third-order valence-corrected chi connectivity index (χ3v) is 3.19. The van der Waals surface area contributed by atoms with Crippen LogP contribution in [-0.2, 0) is 0 Å². The van der Waals surface area contributed by atoms with Crippen molar-refractivity contribution in [3.05, 3.63) is 30.3 Å². The molecular weight excluding hydrogens is 196 g/mol. The van der Waals surface area contributed by atoms with Crippen LogP contribution < -0.4 is 5.32 Å². The van der Waals surface area contributed by atoms with Crippen molar-refractivity contribution in [2.45, 2.75) is 32.2 Å². The van der Waals surface area contributed by atoms with E-state index < -0.39 is 0 Å². The summed E-state index contributed by atoms with van der Waals surface area (Å²) in [5.74, 6) is 0. The van der Waals surface area contributed by atoms with Gasteiger partial charge in [0.05, 0.1) is 0 Å². The first-order chi connectivity index (χ1) is 7.90. The van der Waals surface area contributed by atoms with E-state index in [0.717, 1.165) is 12.6 Å². The first-order valence-electron chi connectivity index (χ1n) is 6.43. The molecule has 0 amide bonds. The van der Waals surface area contributed by atoms with Crippen molar-refractivity contribution < 1.29 is 0 Å². The van der Waals surface area contributed by atoms with Crippen molar-refractivity contribution in [1.82, 2.24) is 4.90 Å². The molecule has 1 aliphatic carbocycles. The fourth-order valence-corrected chi connectivity index (χ4v) is 2.11. The third kappa shape index (κ3) is 3.53. The SMILES string of the molecule is CCN(CCCNc1ccccc1)C1CC1. The van der Waals surface area contributed by atoms with E-state index in [9.17, 15) is 0 Å². The van der Waals surface area contributed by atoms with E-state index in [-0.39, 0.29) is 0 Å². The lowest BCUT2D eigenvalue weighted by Crippen LogP contribution is -2.28. The summed E-state index contributed by atoms with van der Waals surface area (Å²) >= 11 is 0. The van der Waals surface area contributed by atoms with Crippen LogP contribution in [0.15, 0.2) is 30.3 Å². The number of rotatable bonds is 7. The molecular formula is C14H22N2. The average molecular weight is 218 g/mol. The molecule has 0 radical (unpaired) electrons. The summed E-state index contributed by atoms with van der Waals surface area (Å²) in [6.07, 6.45) is 4.07. The molecule has 1 aromatic carbocycles. The Labute approximate surface area is 98.7 Å². The first-order valence-corrected chi connectivity index (χ1v) is 6.43. The van der Waals surface area contributed by atoms with Crippen LogP contribution in [0.4, 0.5) is 5.69 Å². The molecule has 1 aliphatic rings. The van der Waals surface area contributed by atoms with Crippen LogP contribution >= 0.6 is 0 Å². The summed E-state index contributed by atoms with van der Waals surface area (Å²) in [7, 11) is 0. The number of nitrogens with one attached hydrogen (secondary N) is 1. The van der Waals surface area contributed by atoms with E-state index in [4.69, 9.17) is 0 Å². The minimum absolute atomic E-state index is 0.904. The summed E-state index contributed by atoms with van der Waals surface area (Å²) < 4.78 is 0.